The molecule has 158 valence electrons. The van der Waals surface area contributed by atoms with Crippen LogP contribution in [0.5, 0.6) is 0 Å². The summed E-state index contributed by atoms with van der Waals surface area (Å²) in [7, 11) is 1.62. The third-order valence-electron chi connectivity index (χ3n) is 5.61. The Morgan fingerprint density at radius 3 is 2.45 bits per heavy atom. The highest BCUT2D eigenvalue weighted by molar-refractivity contribution is 9.10. The first kappa shape index (κ1) is 19.7. The van der Waals surface area contributed by atoms with E-state index in [4.69, 9.17) is 4.98 Å². The second-order valence-electron chi connectivity index (χ2n) is 7.58. The van der Waals surface area contributed by atoms with E-state index in [1.807, 2.05) is 28.8 Å². The molecule has 0 saturated carbocycles. The van der Waals surface area contributed by atoms with Crippen molar-refractivity contribution in [2.24, 2.45) is 7.05 Å². The van der Waals surface area contributed by atoms with Crippen molar-refractivity contribution in [1.29, 1.82) is 0 Å². The Balaban J connectivity index is 1.68. The lowest BCUT2D eigenvalue weighted by Gasteiger charge is -2.29. The van der Waals surface area contributed by atoms with Gasteiger partial charge in [0.2, 0.25) is 5.95 Å². The fraction of sp³-hybridized carbons (Fsp3) is 0.227. The highest BCUT2D eigenvalue weighted by Crippen LogP contribution is 2.31. The lowest BCUT2D eigenvalue weighted by atomic mass is 10.2. The first-order valence-electron chi connectivity index (χ1n) is 9.91. The number of benzene rings is 2. The van der Waals surface area contributed by atoms with E-state index in [1.165, 1.54) is 21.3 Å². The van der Waals surface area contributed by atoms with Gasteiger partial charge >= 0.3 is 5.69 Å². The molecule has 2 aromatic heterocycles. The molecule has 4 aromatic rings. The van der Waals surface area contributed by atoms with E-state index < -0.39 is 5.69 Å². The SMILES string of the molecule is Cn1c(=O)n(Cc2ccc(F)cc2)c(=O)c2c1nc1n2CCCN1c1ccc(Br)cc1. The van der Waals surface area contributed by atoms with Crippen LogP contribution in [0.25, 0.3) is 11.2 Å². The Bertz CT molecular complexity index is 1400. The molecule has 0 spiro atoms. The van der Waals surface area contributed by atoms with E-state index >= 15 is 0 Å². The van der Waals surface area contributed by atoms with Gasteiger partial charge in [-0.2, -0.15) is 4.98 Å². The van der Waals surface area contributed by atoms with E-state index in [2.05, 4.69) is 20.8 Å². The van der Waals surface area contributed by atoms with E-state index in [9.17, 15) is 14.0 Å². The number of rotatable bonds is 3. The molecule has 7 nitrogen and oxygen atoms in total. The zero-order valence-electron chi connectivity index (χ0n) is 16.8. The topological polar surface area (TPSA) is 65.1 Å². The zero-order valence-corrected chi connectivity index (χ0v) is 18.3. The monoisotopic (exact) mass is 483 g/mol. The maximum Gasteiger partial charge on any atom is 0.332 e. The number of fused-ring (bicyclic) bond motifs is 3. The van der Waals surface area contributed by atoms with Crippen molar-refractivity contribution >= 4 is 38.7 Å². The minimum Gasteiger partial charge on any atom is -0.312 e. The van der Waals surface area contributed by atoms with Gasteiger partial charge in [-0.25, -0.2) is 9.18 Å². The maximum absolute atomic E-state index is 13.4. The molecule has 0 radical (unpaired) electrons. The lowest BCUT2D eigenvalue weighted by molar-refractivity contribution is 0.597. The number of aromatic nitrogens is 4. The summed E-state index contributed by atoms with van der Waals surface area (Å²) in [6.45, 7) is 1.48. The van der Waals surface area contributed by atoms with Crippen LogP contribution in [0, 0.1) is 5.82 Å². The van der Waals surface area contributed by atoms with Gasteiger partial charge in [-0.1, -0.05) is 28.1 Å². The normalized spacial score (nSPS) is 13.6. The molecular weight excluding hydrogens is 465 g/mol. The standard InChI is InChI=1S/C22H19BrFN5O2/c1-26-19-18(20(30)29(22(26)31)13-14-3-7-16(24)8-4-14)28-12-2-11-27(21(28)25-19)17-9-5-15(23)6-10-17/h3-10H,2,11-13H2,1H3. The van der Waals surface area contributed by atoms with Gasteiger partial charge < -0.3 is 9.47 Å². The fourth-order valence-electron chi connectivity index (χ4n) is 4.04. The number of hydrogen-bond acceptors (Lipinski definition) is 4. The molecule has 1 aliphatic rings. The van der Waals surface area contributed by atoms with Gasteiger partial charge in [-0.3, -0.25) is 13.9 Å². The van der Waals surface area contributed by atoms with Gasteiger partial charge in [-0.15, -0.1) is 0 Å². The molecule has 0 fully saturated rings. The quantitative estimate of drug-likeness (QED) is 0.448. The Kier molecular flexibility index (Phi) is 4.77. The van der Waals surface area contributed by atoms with Gasteiger partial charge in [0, 0.05) is 30.3 Å². The predicted octanol–water partition coefficient (Wildman–Crippen LogP) is 3.39. The molecule has 9 heteroatoms. The highest BCUT2D eigenvalue weighted by Gasteiger charge is 2.27. The number of anilines is 2. The number of imidazole rings is 1. The van der Waals surface area contributed by atoms with Crippen LogP contribution in [0.3, 0.4) is 0 Å². The van der Waals surface area contributed by atoms with Gasteiger partial charge in [0.1, 0.15) is 5.82 Å². The Hall–Kier alpha value is -3.20. The molecule has 0 unspecified atom stereocenters. The van der Waals surface area contributed by atoms with E-state index in [0.29, 0.717) is 29.2 Å². The van der Waals surface area contributed by atoms with Crippen LogP contribution < -0.4 is 16.1 Å². The average Bonchev–Trinajstić information content (AvgIpc) is 3.17. The average molecular weight is 484 g/mol. The van der Waals surface area contributed by atoms with Crippen molar-refractivity contribution in [1.82, 2.24) is 18.7 Å². The molecule has 0 atom stereocenters. The highest BCUT2D eigenvalue weighted by atomic mass is 79.9. The zero-order chi connectivity index (χ0) is 21.7. The summed E-state index contributed by atoms with van der Waals surface area (Å²) in [5, 5.41) is 0. The van der Waals surface area contributed by atoms with Gasteiger partial charge in [0.25, 0.3) is 5.56 Å². The predicted molar refractivity (Wildman–Crippen MR) is 121 cm³/mol. The van der Waals surface area contributed by atoms with Crippen LogP contribution in [0.4, 0.5) is 16.0 Å². The molecular formula is C22H19BrFN5O2. The van der Waals surface area contributed by atoms with Gasteiger partial charge in [0.15, 0.2) is 11.2 Å². The summed E-state index contributed by atoms with van der Waals surface area (Å²) < 4.78 is 18.7. The third-order valence-corrected chi connectivity index (χ3v) is 6.14. The summed E-state index contributed by atoms with van der Waals surface area (Å²) in [4.78, 5) is 33.1. The molecule has 0 N–H and O–H groups in total. The Morgan fingerprint density at radius 1 is 1.03 bits per heavy atom. The van der Waals surface area contributed by atoms with Crippen molar-refractivity contribution in [2.75, 3.05) is 11.4 Å². The van der Waals surface area contributed by atoms with Gasteiger partial charge in [-0.05, 0) is 48.4 Å². The lowest BCUT2D eigenvalue weighted by Crippen LogP contribution is -2.40. The van der Waals surface area contributed by atoms with Gasteiger partial charge in [0.05, 0.1) is 6.54 Å². The number of halogens is 2. The van der Waals surface area contributed by atoms with Crippen molar-refractivity contribution in [3.63, 3.8) is 0 Å². The molecule has 0 amide bonds. The molecule has 3 heterocycles. The molecule has 5 rings (SSSR count). The molecule has 0 saturated heterocycles. The van der Waals surface area contributed by atoms with E-state index in [-0.39, 0.29) is 17.9 Å². The summed E-state index contributed by atoms with van der Waals surface area (Å²) >= 11 is 3.45. The second-order valence-corrected chi connectivity index (χ2v) is 8.49. The minimum atomic E-state index is -0.451. The summed E-state index contributed by atoms with van der Waals surface area (Å²) in [5.74, 6) is 0.285. The smallest absolute Gasteiger partial charge is 0.312 e. The largest absolute Gasteiger partial charge is 0.332 e. The number of nitrogens with zero attached hydrogens (tertiary/aromatic N) is 5. The van der Waals surface area contributed by atoms with Crippen LogP contribution in [0.15, 0.2) is 62.6 Å². The molecule has 2 aromatic carbocycles. The van der Waals surface area contributed by atoms with Crippen molar-refractivity contribution in [3.8, 4) is 0 Å². The molecule has 31 heavy (non-hydrogen) atoms. The number of aryl methyl sites for hydroxylation is 2. The number of hydrogen-bond donors (Lipinski definition) is 0. The van der Waals surface area contributed by atoms with Crippen LogP contribution >= 0.6 is 15.9 Å². The molecule has 1 aliphatic heterocycles. The molecule has 0 aliphatic carbocycles. The minimum absolute atomic E-state index is 0.0681. The third kappa shape index (κ3) is 3.29. The summed E-state index contributed by atoms with van der Waals surface area (Å²) in [6, 6.07) is 13.7. The Labute approximate surface area is 185 Å². The molecule has 0 bridgehead atoms. The van der Waals surface area contributed by atoms with E-state index in [0.717, 1.165) is 23.1 Å². The van der Waals surface area contributed by atoms with E-state index in [1.54, 1.807) is 19.2 Å². The summed E-state index contributed by atoms with van der Waals surface area (Å²) in [6.07, 6.45) is 0.842. The first-order valence-corrected chi connectivity index (χ1v) is 10.7. The summed E-state index contributed by atoms with van der Waals surface area (Å²) in [5.41, 5.74) is 1.57. The first-order chi connectivity index (χ1) is 14.9. The van der Waals surface area contributed by atoms with Crippen LogP contribution in [0.1, 0.15) is 12.0 Å². The second kappa shape index (κ2) is 7.49. The fourth-order valence-corrected chi connectivity index (χ4v) is 4.31. The Morgan fingerprint density at radius 2 is 1.74 bits per heavy atom. The van der Waals surface area contributed by atoms with Crippen molar-refractivity contribution < 1.29 is 4.39 Å². The van der Waals surface area contributed by atoms with Crippen LogP contribution in [-0.4, -0.2) is 25.2 Å². The van der Waals surface area contributed by atoms with Crippen molar-refractivity contribution in [2.45, 2.75) is 19.5 Å². The maximum atomic E-state index is 13.4. The van der Waals surface area contributed by atoms with Crippen LogP contribution in [-0.2, 0) is 20.1 Å². The van der Waals surface area contributed by atoms with Crippen molar-refractivity contribution in [3.05, 3.63) is 85.2 Å². The van der Waals surface area contributed by atoms with Crippen LogP contribution in [0.2, 0.25) is 0 Å².